The Balaban J connectivity index is 2.42. The van der Waals surface area contributed by atoms with Gasteiger partial charge in [0.1, 0.15) is 0 Å². The summed E-state index contributed by atoms with van der Waals surface area (Å²) in [6, 6.07) is 0. The SMILES string of the molecule is C=C(C)C(=O)OCCCCCCC1=C(CCCCCOC(=O)C(=C)C)C(=O)CC(C)(C)C1. The van der Waals surface area contributed by atoms with Crippen LogP contribution in [0.25, 0.3) is 0 Å². The van der Waals surface area contributed by atoms with E-state index < -0.39 is 0 Å². The molecule has 0 N–H and O–H groups in total. The van der Waals surface area contributed by atoms with Gasteiger partial charge in [0.25, 0.3) is 0 Å². The number of Topliss-reactive ketones (excluding diaryl/α,β-unsaturated/α-hetero) is 1. The molecule has 0 saturated carbocycles. The van der Waals surface area contributed by atoms with Crippen molar-refractivity contribution in [2.45, 2.75) is 98.3 Å². The maximum atomic E-state index is 12.8. The summed E-state index contributed by atoms with van der Waals surface area (Å²) in [5.74, 6) is -0.359. The summed E-state index contributed by atoms with van der Waals surface area (Å²) in [5.41, 5.74) is 3.25. The van der Waals surface area contributed by atoms with Crippen LogP contribution in [-0.4, -0.2) is 30.9 Å². The molecule has 0 spiro atoms. The van der Waals surface area contributed by atoms with Crippen molar-refractivity contribution in [3.05, 3.63) is 35.5 Å². The van der Waals surface area contributed by atoms with Crippen molar-refractivity contribution in [1.29, 1.82) is 0 Å². The molecule has 0 aromatic heterocycles. The third-order valence-corrected chi connectivity index (χ3v) is 5.70. The van der Waals surface area contributed by atoms with Gasteiger partial charge in [-0.15, -0.1) is 0 Å². The van der Waals surface area contributed by atoms with Crippen LogP contribution in [0.3, 0.4) is 0 Å². The summed E-state index contributed by atoms with van der Waals surface area (Å²) in [6.07, 6.45) is 10.0. The second kappa shape index (κ2) is 14.1. The minimum absolute atomic E-state index is 0.0312. The molecule has 5 nitrogen and oxygen atoms in total. The average molecular weight is 447 g/mol. The van der Waals surface area contributed by atoms with E-state index in [1.165, 1.54) is 5.57 Å². The van der Waals surface area contributed by atoms with Crippen molar-refractivity contribution in [3.8, 4) is 0 Å². The van der Waals surface area contributed by atoms with Gasteiger partial charge >= 0.3 is 11.9 Å². The number of rotatable bonds is 15. The van der Waals surface area contributed by atoms with Crippen molar-refractivity contribution in [1.82, 2.24) is 0 Å². The Bertz CT molecular complexity index is 726. The van der Waals surface area contributed by atoms with E-state index >= 15 is 0 Å². The largest absolute Gasteiger partial charge is 0.462 e. The molecule has 0 fully saturated rings. The molecule has 0 amide bonds. The first-order chi connectivity index (χ1) is 15.0. The van der Waals surface area contributed by atoms with Crippen molar-refractivity contribution >= 4 is 17.7 Å². The Hall–Kier alpha value is -2.17. The van der Waals surface area contributed by atoms with E-state index in [0.717, 1.165) is 69.8 Å². The Morgan fingerprint density at radius 1 is 0.781 bits per heavy atom. The molecule has 0 aromatic carbocycles. The lowest BCUT2D eigenvalue weighted by atomic mass is 9.71. The lowest BCUT2D eigenvalue weighted by molar-refractivity contribution is -0.139. The quantitative estimate of drug-likeness (QED) is 0.165. The summed E-state index contributed by atoms with van der Waals surface area (Å²) in [4.78, 5) is 35.6. The molecule has 0 heterocycles. The van der Waals surface area contributed by atoms with Crippen LogP contribution >= 0.6 is 0 Å². The Kier molecular flexibility index (Phi) is 12.3. The van der Waals surface area contributed by atoms with Crippen molar-refractivity contribution in [2.75, 3.05) is 13.2 Å². The van der Waals surface area contributed by atoms with Crippen LogP contribution in [0.2, 0.25) is 0 Å². The maximum absolute atomic E-state index is 12.8. The third-order valence-electron chi connectivity index (χ3n) is 5.70. The number of carbonyl (C=O) groups is 3. The standard InChI is InChI=1S/C27H42O5/c1-20(2)25(29)31-16-12-8-7-10-14-22-18-27(5,6)19-24(28)23(22)15-11-9-13-17-32-26(30)21(3)4/h1,3,7-19H2,2,4-6H3. The molecule has 5 heteroatoms. The van der Waals surface area contributed by atoms with Gasteiger partial charge in [-0.1, -0.05) is 45.4 Å². The minimum atomic E-state index is -0.339. The Labute approximate surface area is 194 Å². The number of ketones is 1. The zero-order valence-corrected chi connectivity index (χ0v) is 20.6. The molecule has 1 rings (SSSR count). The molecule has 0 unspecified atom stereocenters. The van der Waals surface area contributed by atoms with E-state index in [4.69, 9.17) is 9.47 Å². The van der Waals surface area contributed by atoms with Gasteiger partial charge in [-0.25, -0.2) is 9.59 Å². The van der Waals surface area contributed by atoms with Crippen molar-refractivity contribution < 1.29 is 23.9 Å². The highest BCUT2D eigenvalue weighted by Crippen LogP contribution is 2.40. The van der Waals surface area contributed by atoms with Crippen LogP contribution in [0.5, 0.6) is 0 Å². The highest BCUT2D eigenvalue weighted by Gasteiger charge is 2.31. The van der Waals surface area contributed by atoms with Crippen LogP contribution in [0, 0.1) is 5.41 Å². The molecule has 0 aromatic rings. The van der Waals surface area contributed by atoms with Crippen LogP contribution in [0.4, 0.5) is 0 Å². The zero-order valence-electron chi connectivity index (χ0n) is 20.6. The Morgan fingerprint density at radius 3 is 1.78 bits per heavy atom. The zero-order chi connectivity index (χ0) is 24.1. The van der Waals surface area contributed by atoms with Crippen LogP contribution in [-0.2, 0) is 23.9 Å². The monoisotopic (exact) mass is 446 g/mol. The van der Waals surface area contributed by atoms with Crippen LogP contribution in [0.15, 0.2) is 35.5 Å². The maximum Gasteiger partial charge on any atom is 0.333 e. The highest BCUT2D eigenvalue weighted by molar-refractivity contribution is 5.97. The van der Waals surface area contributed by atoms with E-state index in [1.807, 2.05) is 0 Å². The summed E-state index contributed by atoms with van der Waals surface area (Å²) >= 11 is 0. The van der Waals surface area contributed by atoms with Gasteiger partial charge in [0, 0.05) is 17.6 Å². The first-order valence-electron chi connectivity index (χ1n) is 11.9. The summed E-state index contributed by atoms with van der Waals surface area (Å²) < 4.78 is 10.3. The van der Waals surface area contributed by atoms with Gasteiger partial charge in [0.05, 0.1) is 13.2 Å². The van der Waals surface area contributed by atoms with Gasteiger partial charge < -0.3 is 9.47 Å². The lowest BCUT2D eigenvalue weighted by Gasteiger charge is -2.32. The molecule has 0 saturated heterocycles. The third kappa shape index (κ3) is 10.9. The Morgan fingerprint density at radius 2 is 1.25 bits per heavy atom. The van der Waals surface area contributed by atoms with E-state index in [-0.39, 0.29) is 17.4 Å². The second-order valence-electron chi connectivity index (χ2n) is 9.83. The predicted molar refractivity (Wildman–Crippen MR) is 128 cm³/mol. The molecular weight excluding hydrogens is 404 g/mol. The fourth-order valence-electron chi connectivity index (χ4n) is 3.99. The summed E-state index contributed by atoms with van der Waals surface area (Å²) in [5, 5.41) is 0. The van der Waals surface area contributed by atoms with Crippen LogP contribution < -0.4 is 0 Å². The van der Waals surface area contributed by atoms with Crippen molar-refractivity contribution in [2.24, 2.45) is 5.41 Å². The van der Waals surface area contributed by atoms with Gasteiger partial charge in [-0.05, 0) is 76.2 Å². The molecule has 0 atom stereocenters. The fraction of sp³-hybridized carbons (Fsp3) is 0.667. The molecule has 0 aliphatic heterocycles. The topological polar surface area (TPSA) is 69.7 Å². The van der Waals surface area contributed by atoms with E-state index in [2.05, 4.69) is 27.0 Å². The number of esters is 2. The second-order valence-corrected chi connectivity index (χ2v) is 9.83. The van der Waals surface area contributed by atoms with E-state index in [9.17, 15) is 14.4 Å². The van der Waals surface area contributed by atoms with Gasteiger partial charge in [-0.3, -0.25) is 4.79 Å². The molecule has 32 heavy (non-hydrogen) atoms. The molecule has 0 bridgehead atoms. The first kappa shape index (κ1) is 27.9. The number of unbranched alkanes of at least 4 members (excludes halogenated alkanes) is 5. The molecule has 1 aliphatic carbocycles. The lowest BCUT2D eigenvalue weighted by Crippen LogP contribution is -2.26. The van der Waals surface area contributed by atoms with Crippen molar-refractivity contribution in [3.63, 3.8) is 0 Å². The first-order valence-corrected chi connectivity index (χ1v) is 11.9. The predicted octanol–water partition coefficient (Wildman–Crippen LogP) is 6.42. The average Bonchev–Trinajstić information content (AvgIpc) is 2.69. The highest BCUT2D eigenvalue weighted by atomic mass is 16.5. The normalized spacial score (nSPS) is 15.4. The molecule has 180 valence electrons. The number of ether oxygens (including phenoxy) is 2. The summed E-state index contributed by atoms with van der Waals surface area (Å²) in [7, 11) is 0. The molecular formula is C27H42O5. The molecule has 1 aliphatic rings. The summed E-state index contributed by atoms with van der Waals surface area (Å²) in [6.45, 7) is 15.6. The van der Waals surface area contributed by atoms with Gasteiger partial charge in [0.15, 0.2) is 5.78 Å². The van der Waals surface area contributed by atoms with E-state index in [0.29, 0.717) is 36.6 Å². The van der Waals surface area contributed by atoms with Crippen LogP contribution in [0.1, 0.15) is 98.3 Å². The number of carbonyl (C=O) groups excluding carboxylic acids is 3. The molecule has 0 radical (unpaired) electrons. The van der Waals surface area contributed by atoms with Gasteiger partial charge in [-0.2, -0.15) is 0 Å². The smallest absolute Gasteiger partial charge is 0.333 e. The number of allylic oxidation sites excluding steroid dienone is 2. The minimum Gasteiger partial charge on any atom is -0.462 e. The number of hydrogen-bond donors (Lipinski definition) is 0. The number of hydrogen-bond acceptors (Lipinski definition) is 5. The van der Waals surface area contributed by atoms with E-state index in [1.54, 1.807) is 13.8 Å². The fourth-order valence-corrected chi connectivity index (χ4v) is 3.99. The van der Waals surface area contributed by atoms with Gasteiger partial charge in [0.2, 0.25) is 0 Å².